The van der Waals surface area contributed by atoms with Crippen LogP contribution >= 0.6 is 11.6 Å². The first kappa shape index (κ1) is 13.8. The highest BCUT2D eigenvalue weighted by Crippen LogP contribution is 2.09. The number of hydrogen-bond acceptors (Lipinski definition) is 3. The third kappa shape index (κ3) is 4.24. The number of alkyl halides is 1. The second-order valence-electron chi connectivity index (χ2n) is 3.36. The molecule has 17 heavy (non-hydrogen) atoms. The SMILES string of the molecule is Cc1ccc(S(=O)(=O)NC(=O)NCCCl)cc1. The number of aryl methyl sites for hydroxylation is 1. The first-order chi connectivity index (χ1) is 7.95. The van der Waals surface area contributed by atoms with Gasteiger partial charge in [-0.15, -0.1) is 11.6 Å². The number of rotatable bonds is 4. The summed E-state index contributed by atoms with van der Waals surface area (Å²) in [5.41, 5.74) is 0.940. The molecule has 0 aliphatic heterocycles. The minimum atomic E-state index is -3.81. The normalized spacial score (nSPS) is 10.9. The Balaban J connectivity index is 2.75. The molecular formula is C10H13ClN2O3S. The molecule has 0 saturated carbocycles. The molecule has 0 atom stereocenters. The molecule has 1 aromatic carbocycles. The van der Waals surface area contributed by atoms with Crippen LogP contribution in [0.3, 0.4) is 0 Å². The fraction of sp³-hybridized carbons (Fsp3) is 0.300. The third-order valence-electron chi connectivity index (χ3n) is 1.94. The van der Waals surface area contributed by atoms with Gasteiger partial charge in [0.2, 0.25) is 0 Å². The van der Waals surface area contributed by atoms with Crippen LogP contribution in [0.25, 0.3) is 0 Å². The first-order valence-corrected chi connectivity index (χ1v) is 6.91. The Morgan fingerprint density at radius 3 is 2.41 bits per heavy atom. The second kappa shape index (κ2) is 5.88. The van der Waals surface area contributed by atoms with E-state index in [1.807, 2.05) is 11.6 Å². The van der Waals surface area contributed by atoms with E-state index in [0.717, 1.165) is 5.56 Å². The fourth-order valence-electron chi connectivity index (χ4n) is 1.10. The zero-order valence-corrected chi connectivity index (χ0v) is 10.8. The molecule has 0 aliphatic rings. The Morgan fingerprint density at radius 1 is 1.29 bits per heavy atom. The number of urea groups is 1. The molecule has 7 heteroatoms. The van der Waals surface area contributed by atoms with Gasteiger partial charge in [0, 0.05) is 12.4 Å². The van der Waals surface area contributed by atoms with Crippen LogP contribution in [-0.4, -0.2) is 26.9 Å². The first-order valence-electron chi connectivity index (χ1n) is 4.89. The average Bonchev–Trinajstić information content (AvgIpc) is 2.26. The highest BCUT2D eigenvalue weighted by molar-refractivity contribution is 7.90. The summed E-state index contributed by atoms with van der Waals surface area (Å²) in [5.74, 6) is 0.220. The van der Waals surface area contributed by atoms with E-state index in [0.29, 0.717) is 0 Å². The quantitative estimate of drug-likeness (QED) is 0.812. The van der Waals surface area contributed by atoms with E-state index in [-0.39, 0.29) is 17.3 Å². The molecular weight excluding hydrogens is 264 g/mol. The van der Waals surface area contributed by atoms with E-state index in [1.54, 1.807) is 12.1 Å². The summed E-state index contributed by atoms with van der Waals surface area (Å²) in [6.07, 6.45) is 0. The van der Waals surface area contributed by atoms with Crippen molar-refractivity contribution in [3.8, 4) is 0 Å². The molecule has 94 valence electrons. The van der Waals surface area contributed by atoms with E-state index in [9.17, 15) is 13.2 Å². The Hall–Kier alpha value is -1.27. The Kier molecular flexibility index (Phi) is 4.77. The van der Waals surface area contributed by atoms with Crippen molar-refractivity contribution < 1.29 is 13.2 Å². The van der Waals surface area contributed by atoms with Crippen LogP contribution in [0.4, 0.5) is 4.79 Å². The third-order valence-corrected chi connectivity index (χ3v) is 3.47. The number of halogens is 1. The van der Waals surface area contributed by atoms with Gasteiger partial charge in [-0.2, -0.15) is 0 Å². The lowest BCUT2D eigenvalue weighted by atomic mass is 10.2. The molecule has 0 heterocycles. The van der Waals surface area contributed by atoms with E-state index >= 15 is 0 Å². The van der Waals surface area contributed by atoms with Crippen molar-refractivity contribution in [3.05, 3.63) is 29.8 Å². The molecule has 1 aromatic rings. The number of benzene rings is 1. The van der Waals surface area contributed by atoms with Crippen molar-refractivity contribution >= 4 is 27.7 Å². The number of nitrogens with one attached hydrogen (secondary N) is 2. The monoisotopic (exact) mass is 276 g/mol. The molecule has 0 saturated heterocycles. The van der Waals surface area contributed by atoms with Crippen molar-refractivity contribution in [2.45, 2.75) is 11.8 Å². The topological polar surface area (TPSA) is 75.3 Å². The van der Waals surface area contributed by atoms with Crippen molar-refractivity contribution in [3.63, 3.8) is 0 Å². The summed E-state index contributed by atoms with van der Waals surface area (Å²) in [4.78, 5) is 11.2. The van der Waals surface area contributed by atoms with E-state index in [1.165, 1.54) is 12.1 Å². The lowest BCUT2D eigenvalue weighted by Gasteiger charge is -2.07. The molecule has 0 fully saturated rings. The second-order valence-corrected chi connectivity index (χ2v) is 5.42. The Bertz CT molecular complexity index is 485. The molecule has 0 aromatic heterocycles. The smallest absolute Gasteiger partial charge is 0.328 e. The molecule has 0 bridgehead atoms. The van der Waals surface area contributed by atoms with Crippen molar-refractivity contribution in [1.29, 1.82) is 0 Å². The van der Waals surface area contributed by atoms with Gasteiger partial charge < -0.3 is 5.32 Å². The van der Waals surface area contributed by atoms with Crippen LogP contribution in [0.15, 0.2) is 29.2 Å². The molecule has 2 amide bonds. The zero-order valence-electron chi connectivity index (χ0n) is 9.23. The van der Waals surface area contributed by atoms with Gasteiger partial charge in [0.25, 0.3) is 10.0 Å². The van der Waals surface area contributed by atoms with Crippen LogP contribution in [0.5, 0.6) is 0 Å². The van der Waals surface area contributed by atoms with Gasteiger partial charge in [-0.1, -0.05) is 17.7 Å². The summed E-state index contributed by atoms with van der Waals surface area (Å²) < 4.78 is 25.3. The molecule has 0 spiro atoms. The van der Waals surface area contributed by atoms with Gasteiger partial charge in [-0.3, -0.25) is 0 Å². The average molecular weight is 277 g/mol. The van der Waals surface area contributed by atoms with E-state index < -0.39 is 16.1 Å². The summed E-state index contributed by atoms with van der Waals surface area (Å²) >= 11 is 5.36. The Morgan fingerprint density at radius 2 is 1.88 bits per heavy atom. The van der Waals surface area contributed by atoms with Gasteiger partial charge in [-0.25, -0.2) is 17.9 Å². The number of hydrogen-bond donors (Lipinski definition) is 2. The van der Waals surface area contributed by atoms with Gasteiger partial charge in [0.1, 0.15) is 0 Å². The van der Waals surface area contributed by atoms with Crippen molar-refractivity contribution in [2.24, 2.45) is 0 Å². The van der Waals surface area contributed by atoms with Crippen LogP contribution in [0.1, 0.15) is 5.56 Å². The molecule has 0 unspecified atom stereocenters. The van der Waals surface area contributed by atoms with Crippen LogP contribution in [-0.2, 0) is 10.0 Å². The summed E-state index contributed by atoms with van der Waals surface area (Å²) in [6.45, 7) is 2.05. The summed E-state index contributed by atoms with van der Waals surface area (Å²) in [7, 11) is -3.81. The highest BCUT2D eigenvalue weighted by atomic mass is 35.5. The molecule has 0 radical (unpaired) electrons. The standard InChI is InChI=1S/C10H13ClN2O3S/c1-8-2-4-9(5-3-8)17(15,16)13-10(14)12-7-6-11/h2-5H,6-7H2,1H3,(H2,12,13,14). The zero-order chi connectivity index (χ0) is 12.9. The van der Waals surface area contributed by atoms with Crippen LogP contribution in [0, 0.1) is 6.92 Å². The van der Waals surface area contributed by atoms with Crippen molar-refractivity contribution in [1.82, 2.24) is 10.0 Å². The van der Waals surface area contributed by atoms with Crippen molar-refractivity contribution in [2.75, 3.05) is 12.4 Å². The van der Waals surface area contributed by atoms with Gasteiger partial charge >= 0.3 is 6.03 Å². The maximum absolute atomic E-state index is 11.7. The largest absolute Gasteiger partial charge is 0.336 e. The number of sulfonamides is 1. The predicted octanol–water partition coefficient (Wildman–Crippen LogP) is 1.22. The molecule has 1 rings (SSSR count). The van der Waals surface area contributed by atoms with E-state index in [2.05, 4.69) is 5.32 Å². The van der Waals surface area contributed by atoms with Gasteiger partial charge in [-0.05, 0) is 19.1 Å². The molecule has 2 N–H and O–H groups in total. The lowest BCUT2D eigenvalue weighted by Crippen LogP contribution is -2.40. The minimum Gasteiger partial charge on any atom is -0.336 e. The minimum absolute atomic E-state index is 0.0455. The van der Waals surface area contributed by atoms with E-state index in [4.69, 9.17) is 11.6 Å². The van der Waals surface area contributed by atoms with Gasteiger partial charge in [0.15, 0.2) is 0 Å². The Labute approximate surface area is 105 Å². The van der Waals surface area contributed by atoms with Crippen LogP contribution < -0.4 is 10.0 Å². The maximum Gasteiger partial charge on any atom is 0.328 e. The fourth-order valence-corrected chi connectivity index (χ4v) is 2.12. The summed E-state index contributed by atoms with van der Waals surface area (Å²) in [5, 5.41) is 2.31. The molecule has 0 aliphatic carbocycles. The van der Waals surface area contributed by atoms with Crippen LogP contribution in [0.2, 0.25) is 0 Å². The highest BCUT2D eigenvalue weighted by Gasteiger charge is 2.16. The lowest BCUT2D eigenvalue weighted by molar-refractivity contribution is 0.246. The van der Waals surface area contributed by atoms with Gasteiger partial charge in [0.05, 0.1) is 4.90 Å². The maximum atomic E-state index is 11.7. The number of amides is 2. The number of carbonyl (C=O) groups excluding carboxylic acids is 1. The predicted molar refractivity (Wildman–Crippen MR) is 65.6 cm³/mol. The molecule has 5 nitrogen and oxygen atoms in total. The summed E-state index contributed by atoms with van der Waals surface area (Å²) in [6, 6.07) is 5.40. The number of carbonyl (C=O) groups is 1.